The van der Waals surface area contributed by atoms with Crippen molar-refractivity contribution in [2.45, 2.75) is 25.6 Å². The van der Waals surface area contributed by atoms with Gasteiger partial charge in [-0.15, -0.1) is 0 Å². The van der Waals surface area contributed by atoms with E-state index in [4.69, 9.17) is 14.2 Å². The van der Waals surface area contributed by atoms with E-state index in [2.05, 4.69) is 4.98 Å². The van der Waals surface area contributed by atoms with Crippen molar-refractivity contribution in [1.29, 1.82) is 0 Å². The van der Waals surface area contributed by atoms with Gasteiger partial charge >= 0.3 is 5.97 Å². The zero-order valence-electron chi connectivity index (χ0n) is 18.1. The Morgan fingerprint density at radius 1 is 1.03 bits per heavy atom. The minimum Gasteiger partial charge on any atom is -0.497 e. The first kappa shape index (κ1) is 21.4. The fourth-order valence-corrected chi connectivity index (χ4v) is 3.78. The summed E-state index contributed by atoms with van der Waals surface area (Å²) in [6.07, 6.45) is 2.05. The van der Waals surface area contributed by atoms with Gasteiger partial charge in [-0.1, -0.05) is 30.3 Å². The number of nitrogens with zero attached hydrogens (tertiary/aromatic N) is 3. The summed E-state index contributed by atoms with van der Waals surface area (Å²) in [6, 6.07) is 16.2. The Bertz CT molecular complexity index is 1080. The summed E-state index contributed by atoms with van der Waals surface area (Å²) >= 11 is 0. The lowest BCUT2D eigenvalue weighted by Gasteiger charge is -2.34. The predicted octanol–water partition coefficient (Wildman–Crippen LogP) is 2.45. The summed E-state index contributed by atoms with van der Waals surface area (Å²) in [5.74, 6) is 0.635. The number of rotatable bonds is 7. The Labute approximate surface area is 186 Å². The molecule has 1 aliphatic rings. The second-order valence-corrected chi connectivity index (χ2v) is 7.48. The third-order valence-corrected chi connectivity index (χ3v) is 5.53. The van der Waals surface area contributed by atoms with Gasteiger partial charge in [0.25, 0.3) is 5.91 Å². The zero-order chi connectivity index (χ0) is 22.5. The molecule has 0 aliphatic carbocycles. The number of para-hydroxylation sites is 1. The maximum Gasteiger partial charge on any atom is 0.329 e. The molecule has 8 nitrogen and oxygen atoms in total. The number of methoxy groups -OCH3 is 2. The largest absolute Gasteiger partial charge is 0.497 e. The van der Waals surface area contributed by atoms with Gasteiger partial charge in [-0.3, -0.25) is 4.79 Å². The number of amides is 1. The van der Waals surface area contributed by atoms with Crippen LogP contribution in [0.4, 0.5) is 0 Å². The zero-order valence-corrected chi connectivity index (χ0v) is 18.1. The summed E-state index contributed by atoms with van der Waals surface area (Å²) < 4.78 is 17.8. The van der Waals surface area contributed by atoms with Crippen LogP contribution in [0.5, 0.6) is 11.5 Å². The lowest BCUT2D eigenvalue weighted by atomic mass is 10.0. The molecular formula is C24H25N3O5. The minimum absolute atomic E-state index is 0.167. The van der Waals surface area contributed by atoms with Crippen LogP contribution in [0.1, 0.15) is 17.0 Å². The molecule has 8 heteroatoms. The molecule has 0 saturated heterocycles. The molecule has 4 rings (SSSR count). The number of carbonyl (C=O) groups excluding carboxylic acids is 2. The molecule has 1 aliphatic heterocycles. The van der Waals surface area contributed by atoms with Gasteiger partial charge in [-0.2, -0.15) is 0 Å². The van der Waals surface area contributed by atoms with Gasteiger partial charge in [-0.25, -0.2) is 9.78 Å². The highest BCUT2D eigenvalue weighted by molar-refractivity contribution is 5.86. The molecule has 1 amide bonds. The third-order valence-electron chi connectivity index (χ3n) is 5.53. The lowest BCUT2D eigenvalue weighted by Crippen LogP contribution is -2.51. The summed E-state index contributed by atoms with van der Waals surface area (Å²) in [5, 5.41) is 0. The van der Waals surface area contributed by atoms with Crippen molar-refractivity contribution < 1.29 is 23.8 Å². The molecule has 3 aromatic rings. The van der Waals surface area contributed by atoms with Gasteiger partial charge in [0.15, 0.2) is 6.61 Å². The fourth-order valence-electron chi connectivity index (χ4n) is 3.78. The number of hydrogen-bond donors (Lipinski definition) is 0. The SMILES string of the molecule is COC(=O)[C@@H]1Cc2ncn(Cc3ccc(OC)cc3)c2CN1C(=O)COc1ccccc1. The molecule has 0 unspecified atom stereocenters. The van der Waals surface area contributed by atoms with Gasteiger partial charge in [0.05, 0.1) is 38.5 Å². The number of ether oxygens (including phenoxy) is 3. The topological polar surface area (TPSA) is 82.9 Å². The number of fused-ring (bicyclic) bond motifs is 1. The van der Waals surface area contributed by atoms with Gasteiger partial charge in [-0.05, 0) is 29.8 Å². The molecule has 32 heavy (non-hydrogen) atoms. The molecule has 0 radical (unpaired) electrons. The maximum atomic E-state index is 13.0. The van der Waals surface area contributed by atoms with E-state index in [0.29, 0.717) is 18.7 Å². The first-order valence-corrected chi connectivity index (χ1v) is 10.3. The highest BCUT2D eigenvalue weighted by Gasteiger charge is 2.37. The summed E-state index contributed by atoms with van der Waals surface area (Å²) in [7, 11) is 2.95. The van der Waals surface area contributed by atoms with E-state index >= 15 is 0 Å². The third kappa shape index (κ3) is 4.59. The number of imidazole rings is 1. The number of aromatic nitrogens is 2. The van der Waals surface area contributed by atoms with E-state index in [1.807, 2.05) is 47.0 Å². The molecule has 2 aromatic carbocycles. The summed E-state index contributed by atoms with van der Waals surface area (Å²) in [6.45, 7) is 0.680. The van der Waals surface area contributed by atoms with Crippen LogP contribution < -0.4 is 9.47 Å². The van der Waals surface area contributed by atoms with Crippen LogP contribution in [0.2, 0.25) is 0 Å². The molecule has 0 fully saturated rings. The van der Waals surface area contributed by atoms with E-state index in [1.54, 1.807) is 25.6 Å². The Balaban J connectivity index is 1.53. The molecule has 0 bridgehead atoms. The van der Waals surface area contributed by atoms with Crippen molar-refractivity contribution in [3.8, 4) is 11.5 Å². The molecule has 0 spiro atoms. The maximum absolute atomic E-state index is 13.0. The summed E-state index contributed by atoms with van der Waals surface area (Å²) in [4.78, 5) is 31.5. The fraction of sp³-hybridized carbons (Fsp3) is 0.292. The highest BCUT2D eigenvalue weighted by atomic mass is 16.5. The Hall–Kier alpha value is -3.81. The van der Waals surface area contributed by atoms with Gasteiger partial charge in [0.2, 0.25) is 0 Å². The molecule has 166 valence electrons. The molecular weight excluding hydrogens is 410 g/mol. The van der Waals surface area contributed by atoms with E-state index in [0.717, 1.165) is 22.7 Å². The van der Waals surface area contributed by atoms with Gasteiger partial charge in [0, 0.05) is 13.0 Å². The monoisotopic (exact) mass is 435 g/mol. The predicted molar refractivity (Wildman–Crippen MR) is 116 cm³/mol. The molecule has 1 aromatic heterocycles. The second-order valence-electron chi connectivity index (χ2n) is 7.48. The van der Waals surface area contributed by atoms with E-state index in [-0.39, 0.29) is 19.1 Å². The molecule has 1 atom stereocenters. The normalized spacial score (nSPS) is 15.1. The van der Waals surface area contributed by atoms with Crippen LogP contribution in [-0.2, 0) is 33.8 Å². The van der Waals surface area contributed by atoms with Crippen molar-refractivity contribution in [2.75, 3.05) is 20.8 Å². The highest BCUT2D eigenvalue weighted by Crippen LogP contribution is 2.25. The average molecular weight is 435 g/mol. The first-order chi connectivity index (χ1) is 15.6. The summed E-state index contributed by atoms with van der Waals surface area (Å²) in [5.41, 5.74) is 2.77. The van der Waals surface area contributed by atoms with Crippen molar-refractivity contribution >= 4 is 11.9 Å². The molecule has 0 N–H and O–H groups in total. The van der Waals surface area contributed by atoms with Crippen LogP contribution in [0.15, 0.2) is 60.9 Å². The van der Waals surface area contributed by atoms with Crippen LogP contribution in [0.25, 0.3) is 0 Å². The number of esters is 1. The Morgan fingerprint density at radius 2 is 1.78 bits per heavy atom. The van der Waals surface area contributed by atoms with Gasteiger partial charge < -0.3 is 23.7 Å². The van der Waals surface area contributed by atoms with E-state index in [1.165, 1.54) is 12.0 Å². The van der Waals surface area contributed by atoms with Crippen LogP contribution in [-0.4, -0.2) is 53.2 Å². The van der Waals surface area contributed by atoms with E-state index < -0.39 is 12.0 Å². The van der Waals surface area contributed by atoms with Crippen molar-refractivity contribution in [3.05, 3.63) is 77.9 Å². The van der Waals surface area contributed by atoms with Crippen LogP contribution in [0, 0.1) is 0 Å². The van der Waals surface area contributed by atoms with Crippen LogP contribution in [0.3, 0.4) is 0 Å². The lowest BCUT2D eigenvalue weighted by molar-refractivity contribution is -0.154. The second kappa shape index (κ2) is 9.55. The standard InChI is InChI=1S/C24H25N3O5/c1-30-18-10-8-17(9-11-18)13-26-16-25-20-12-21(24(29)31-2)27(14-22(20)26)23(28)15-32-19-6-4-3-5-7-19/h3-11,16,21H,12-15H2,1-2H3/t21-/m0/s1. The number of carbonyl (C=O) groups is 2. The smallest absolute Gasteiger partial charge is 0.329 e. The quantitative estimate of drug-likeness (QED) is 0.530. The first-order valence-electron chi connectivity index (χ1n) is 10.3. The molecule has 0 saturated carbocycles. The average Bonchev–Trinajstić information content (AvgIpc) is 3.24. The van der Waals surface area contributed by atoms with Crippen molar-refractivity contribution in [1.82, 2.24) is 14.5 Å². The van der Waals surface area contributed by atoms with Crippen LogP contribution >= 0.6 is 0 Å². The van der Waals surface area contributed by atoms with E-state index in [9.17, 15) is 9.59 Å². The minimum atomic E-state index is -0.733. The van der Waals surface area contributed by atoms with Crippen molar-refractivity contribution in [2.24, 2.45) is 0 Å². The van der Waals surface area contributed by atoms with Gasteiger partial charge in [0.1, 0.15) is 17.5 Å². The molecule has 2 heterocycles. The Kier molecular flexibility index (Phi) is 6.39. The Morgan fingerprint density at radius 3 is 2.47 bits per heavy atom. The van der Waals surface area contributed by atoms with Crippen molar-refractivity contribution in [3.63, 3.8) is 0 Å². The number of hydrogen-bond acceptors (Lipinski definition) is 6. The number of benzene rings is 2.